The zero-order valence-corrected chi connectivity index (χ0v) is 12.6. The Hall–Kier alpha value is -2.53. The molecule has 2 rings (SSSR count). The van der Waals surface area contributed by atoms with Gasteiger partial charge in [-0.2, -0.15) is 0 Å². The average Bonchev–Trinajstić information content (AvgIpc) is 2.53. The number of nitrogens with zero attached hydrogens (tertiary/aromatic N) is 1. The molecule has 5 nitrogen and oxygen atoms in total. The SMILES string of the molecule is Nc1ccc(Cl)nc1C=CCNC(=O)OCc1ccccc1. The highest BCUT2D eigenvalue weighted by Gasteiger charge is 2.01. The van der Waals surface area contributed by atoms with Crippen molar-refractivity contribution < 1.29 is 9.53 Å². The number of aromatic nitrogens is 1. The lowest BCUT2D eigenvalue weighted by molar-refractivity contribution is 0.141. The number of anilines is 1. The monoisotopic (exact) mass is 317 g/mol. The van der Waals surface area contributed by atoms with Gasteiger partial charge in [0.05, 0.1) is 11.4 Å². The number of hydrogen-bond donors (Lipinski definition) is 2. The lowest BCUT2D eigenvalue weighted by Gasteiger charge is -2.05. The molecular weight excluding hydrogens is 302 g/mol. The van der Waals surface area contributed by atoms with E-state index in [0.717, 1.165) is 5.56 Å². The number of hydrogen-bond acceptors (Lipinski definition) is 4. The smallest absolute Gasteiger partial charge is 0.407 e. The number of amides is 1. The van der Waals surface area contributed by atoms with Crippen LogP contribution in [0, 0.1) is 0 Å². The highest BCUT2D eigenvalue weighted by Crippen LogP contribution is 2.14. The Kier molecular flexibility index (Phi) is 5.80. The standard InChI is InChI=1S/C16H16ClN3O2/c17-15-9-8-13(18)14(20-15)7-4-10-19-16(21)22-11-12-5-2-1-3-6-12/h1-9H,10-11,18H2,(H,19,21). The van der Waals surface area contributed by atoms with Gasteiger partial charge in [-0.05, 0) is 23.8 Å². The van der Waals surface area contributed by atoms with Crippen molar-refractivity contribution >= 4 is 29.5 Å². The van der Waals surface area contributed by atoms with E-state index in [1.807, 2.05) is 30.3 Å². The first-order chi connectivity index (χ1) is 10.6. The molecule has 0 radical (unpaired) electrons. The van der Waals surface area contributed by atoms with Crippen LogP contribution in [0.4, 0.5) is 10.5 Å². The summed E-state index contributed by atoms with van der Waals surface area (Å²) < 4.78 is 5.08. The molecule has 3 N–H and O–H groups in total. The minimum atomic E-state index is -0.486. The molecule has 0 aliphatic heterocycles. The van der Waals surface area contributed by atoms with Gasteiger partial charge in [-0.25, -0.2) is 9.78 Å². The van der Waals surface area contributed by atoms with Crippen LogP contribution in [0.15, 0.2) is 48.5 Å². The highest BCUT2D eigenvalue weighted by atomic mass is 35.5. The second-order valence-electron chi connectivity index (χ2n) is 4.45. The molecule has 0 atom stereocenters. The summed E-state index contributed by atoms with van der Waals surface area (Å²) in [6.45, 7) is 0.542. The Morgan fingerprint density at radius 2 is 2.05 bits per heavy atom. The van der Waals surface area contributed by atoms with Crippen LogP contribution in [-0.4, -0.2) is 17.6 Å². The summed E-state index contributed by atoms with van der Waals surface area (Å²) in [7, 11) is 0. The van der Waals surface area contributed by atoms with Gasteiger partial charge in [-0.1, -0.05) is 48.0 Å². The molecule has 0 spiro atoms. The molecule has 1 aromatic heterocycles. The van der Waals surface area contributed by atoms with E-state index in [-0.39, 0.29) is 6.61 Å². The molecule has 0 aliphatic rings. The number of carbonyl (C=O) groups is 1. The van der Waals surface area contributed by atoms with Gasteiger partial charge in [-0.3, -0.25) is 0 Å². The summed E-state index contributed by atoms with van der Waals surface area (Å²) in [4.78, 5) is 15.6. The van der Waals surface area contributed by atoms with E-state index >= 15 is 0 Å². The highest BCUT2D eigenvalue weighted by molar-refractivity contribution is 6.29. The molecule has 0 unspecified atom stereocenters. The van der Waals surface area contributed by atoms with Crippen molar-refractivity contribution in [3.63, 3.8) is 0 Å². The third-order valence-electron chi connectivity index (χ3n) is 2.78. The topological polar surface area (TPSA) is 77.2 Å². The van der Waals surface area contributed by atoms with Gasteiger partial charge >= 0.3 is 6.09 Å². The van der Waals surface area contributed by atoms with Crippen molar-refractivity contribution in [3.8, 4) is 0 Å². The summed E-state index contributed by atoms with van der Waals surface area (Å²) >= 11 is 5.79. The summed E-state index contributed by atoms with van der Waals surface area (Å²) in [5, 5.41) is 2.97. The number of carbonyl (C=O) groups excluding carboxylic acids is 1. The van der Waals surface area contributed by atoms with Gasteiger partial charge < -0.3 is 15.8 Å². The van der Waals surface area contributed by atoms with E-state index in [1.165, 1.54) is 0 Å². The Morgan fingerprint density at radius 1 is 1.27 bits per heavy atom. The number of rotatable bonds is 5. The Balaban J connectivity index is 1.75. The molecule has 2 aromatic rings. The van der Waals surface area contributed by atoms with Crippen LogP contribution >= 0.6 is 11.6 Å². The van der Waals surface area contributed by atoms with Crippen molar-refractivity contribution in [2.24, 2.45) is 0 Å². The number of nitrogens with two attached hydrogens (primary N) is 1. The van der Waals surface area contributed by atoms with Crippen molar-refractivity contribution in [2.45, 2.75) is 6.61 Å². The van der Waals surface area contributed by atoms with Crippen LogP contribution in [0.2, 0.25) is 5.15 Å². The number of nitrogen functional groups attached to an aromatic ring is 1. The van der Waals surface area contributed by atoms with E-state index in [4.69, 9.17) is 22.1 Å². The number of halogens is 1. The Bertz CT molecular complexity index is 660. The quantitative estimate of drug-likeness (QED) is 0.830. The molecule has 1 heterocycles. The first kappa shape index (κ1) is 15.9. The molecule has 1 aromatic carbocycles. The normalized spacial score (nSPS) is 10.6. The molecule has 6 heteroatoms. The number of ether oxygens (including phenoxy) is 1. The number of pyridine rings is 1. The Morgan fingerprint density at radius 3 is 2.82 bits per heavy atom. The summed E-state index contributed by atoms with van der Waals surface area (Å²) in [5.74, 6) is 0. The van der Waals surface area contributed by atoms with Gasteiger partial charge in [0, 0.05) is 6.54 Å². The maximum absolute atomic E-state index is 11.5. The summed E-state index contributed by atoms with van der Waals surface area (Å²) in [5.41, 5.74) is 7.78. The van der Waals surface area contributed by atoms with Gasteiger partial charge in [0.2, 0.25) is 0 Å². The number of nitrogens with one attached hydrogen (secondary N) is 1. The van der Waals surface area contributed by atoms with Gasteiger partial charge in [0.1, 0.15) is 11.8 Å². The lowest BCUT2D eigenvalue weighted by atomic mass is 10.2. The van der Waals surface area contributed by atoms with Crippen LogP contribution in [0.25, 0.3) is 6.08 Å². The minimum absolute atomic E-state index is 0.235. The first-order valence-corrected chi connectivity index (χ1v) is 7.06. The maximum Gasteiger partial charge on any atom is 0.407 e. The van der Waals surface area contributed by atoms with E-state index in [9.17, 15) is 4.79 Å². The lowest BCUT2D eigenvalue weighted by Crippen LogP contribution is -2.24. The molecule has 0 saturated heterocycles. The third-order valence-corrected chi connectivity index (χ3v) is 2.99. The van der Waals surface area contributed by atoms with Crippen LogP contribution in [0.5, 0.6) is 0 Å². The molecule has 0 bridgehead atoms. The number of alkyl carbamates (subject to hydrolysis) is 1. The average molecular weight is 318 g/mol. The van der Waals surface area contributed by atoms with Gasteiger partial charge in [0.25, 0.3) is 0 Å². The molecule has 22 heavy (non-hydrogen) atoms. The predicted octanol–water partition coefficient (Wildman–Crippen LogP) is 3.26. The molecular formula is C16H16ClN3O2. The summed E-state index contributed by atoms with van der Waals surface area (Å²) in [6.07, 6.45) is 2.93. The summed E-state index contributed by atoms with van der Waals surface area (Å²) in [6, 6.07) is 12.8. The fraction of sp³-hybridized carbons (Fsp3) is 0.125. The van der Waals surface area contributed by atoms with Crippen LogP contribution in [0.3, 0.4) is 0 Å². The fourth-order valence-corrected chi connectivity index (χ4v) is 1.84. The Labute approximate surface area is 133 Å². The van der Waals surface area contributed by atoms with E-state index in [2.05, 4.69) is 10.3 Å². The van der Waals surface area contributed by atoms with Crippen LogP contribution in [0.1, 0.15) is 11.3 Å². The van der Waals surface area contributed by atoms with Crippen molar-refractivity contribution in [1.29, 1.82) is 0 Å². The van der Waals surface area contributed by atoms with Crippen molar-refractivity contribution in [3.05, 3.63) is 65.0 Å². The van der Waals surface area contributed by atoms with Crippen LogP contribution < -0.4 is 11.1 Å². The third kappa shape index (κ3) is 5.10. The largest absolute Gasteiger partial charge is 0.445 e. The maximum atomic E-state index is 11.5. The fourth-order valence-electron chi connectivity index (χ4n) is 1.68. The second-order valence-corrected chi connectivity index (χ2v) is 4.84. The zero-order valence-electron chi connectivity index (χ0n) is 11.8. The molecule has 0 fully saturated rings. The molecule has 0 saturated carbocycles. The van der Waals surface area contributed by atoms with Crippen molar-refractivity contribution in [2.75, 3.05) is 12.3 Å². The van der Waals surface area contributed by atoms with E-state index in [0.29, 0.717) is 23.1 Å². The molecule has 0 aliphatic carbocycles. The van der Waals surface area contributed by atoms with E-state index < -0.39 is 6.09 Å². The van der Waals surface area contributed by atoms with Gasteiger partial charge in [-0.15, -0.1) is 0 Å². The second kappa shape index (κ2) is 8.05. The van der Waals surface area contributed by atoms with Crippen LogP contribution in [-0.2, 0) is 11.3 Å². The van der Waals surface area contributed by atoms with E-state index in [1.54, 1.807) is 24.3 Å². The number of benzene rings is 1. The van der Waals surface area contributed by atoms with Gasteiger partial charge in [0.15, 0.2) is 0 Å². The minimum Gasteiger partial charge on any atom is -0.445 e. The molecule has 114 valence electrons. The first-order valence-electron chi connectivity index (χ1n) is 6.68. The predicted molar refractivity (Wildman–Crippen MR) is 87.3 cm³/mol. The van der Waals surface area contributed by atoms with Crippen molar-refractivity contribution in [1.82, 2.24) is 10.3 Å². The molecule has 1 amide bonds. The zero-order chi connectivity index (χ0) is 15.8.